The largest absolute Gasteiger partial charge is 0.497 e. The van der Waals surface area contributed by atoms with Gasteiger partial charge in [0.1, 0.15) is 11.8 Å². The minimum atomic E-state index is -0.677. The molecule has 0 saturated carbocycles. The smallest absolute Gasteiger partial charge is 0.253 e. The monoisotopic (exact) mass is 465 g/mol. The minimum Gasteiger partial charge on any atom is -0.497 e. The van der Waals surface area contributed by atoms with Gasteiger partial charge in [0.15, 0.2) is 0 Å². The Morgan fingerprint density at radius 2 is 1.71 bits per heavy atom. The Kier molecular flexibility index (Phi) is 8.68. The van der Waals surface area contributed by atoms with Gasteiger partial charge in [0.2, 0.25) is 5.91 Å². The number of piperidine rings is 1. The van der Waals surface area contributed by atoms with Crippen LogP contribution in [0.4, 0.5) is 0 Å². The standard InChI is InChI=1S/C27H35N3O4/c1-5-19(3)28-26(32)24(29-25(31)21-9-7-11-23(17-21)34-4)20-12-14-30(15-13-20)27(33)22-10-6-8-18(2)16-22/h6-11,16-17,19-20,24H,5,12-15H2,1-4H3,(H,28,32)(H,29,31)/t19-,24-/m1/s1. The molecule has 0 aromatic heterocycles. The van der Waals surface area contributed by atoms with Crippen molar-refractivity contribution in [3.8, 4) is 5.75 Å². The lowest BCUT2D eigenvalue weighted by atomic mass is 9.88. The number of aryl methyl sites for hydroxylation is 1. The third-order valence-electron chi connectivity index (χ3n) is 6.47. The van der Waals surface area contributed by atoms with E-state index in [4.69, 9.17) is 4.74 Å². The zero-order valence-electron chi connectivity index (χ0n) is 20.5. The van der Waals surface area contributed by atoms with Crippen LogP contribution in [0.15, 0.2) is 48.5 Å². The molecule has 34 heavy (non-hydrogen) atoms. The molecule has 1 heterocycles. The molecule has 7 heteroatoms. The second kappa shape index (κ2) is 11.7. The van der Waals surface area contributed by atoms with Crippen LogP contribution in [0.5, 0.6) is 5.75 Å². The van der Waals surface area contributed by atoms with Gasteiger partial charge in [0, 0.05) is 30.3 Å². The Balaban J connectivity index is 1.71. The highest BCUT2D eigenvalue weighted by Crippen LogP contribution is 2.24. The Hall–Kier alpha value is -3.35. The van der Waals surface area contributed by atoms with Crippen LogP contribution in [0.25, 0.3) is 0 Å². The Morgan fingerprint density at radius 1 is 1.03 bits per heavy atom. The van der Waals surface area contributed by atoms with Crippen LogP contribution >= 0.6 is 0 Å². The van der Waals surface area contributed by atoms with Gasteiger partial charge in [0.05, 0.1) is 7.11 Å². The summed E-state index contributed by atoms with van der Waals surface area (Å²) < 4.78 is 5.22. The van der Waals surface area contributed by atoms with E-state index in [0.29, 0.717) is 42.8 Å². The number of rotatable bonds is 8. The fourth-order valence-corrected chi connectivity index (χ4v) is 4.22. The first-order chi connectivity index (χ1) is 16.3. The molecular weight excluding hydrogens is 430 g/mol. The quantitative estimate of drug-likeness (QED) is 0.624. The molecule has 182 valence electrons. The Labute approximate surface area is 201 Å². The average Bonchev–Trinajstić information content (AvgIpc) is 2.86. The average molecular weight is 466 g/mol. The number of nitrogens with zero attached hydrogens (tertiary/aromatic N) is 1. The molecular formula is C27H35N3O4. The molecule has 1 fully saturated rings. The summed E-state index contributed by atoms with van der Waals surface area (Å²) in [5.74, 6) is 0.00935. The predicted octanol–water partition coefficient (Wildman–Crippen LogP) is 3.57. The summed E-state index contributed by atoms with van der Waals surface area (Å²) >= 11 is 0. The molecule has 1 aliphatic rings. The van der Waals surface area contributed by atoms with Crippen molar-refractivity contribution in [1.82, 2.24) is 15.5 Å². The van der Waals surface area contributed by atoms with Crippen LogP contribution in [-0.4, -0.2) is 54.9 Å². The summed E-state index contributed by atoms with van der Waals surface area (Å²) in [6, 6.07) is 13.8. The molecule has 0 aliphatic carbocycles. The summed E-state index contributed by atoms with van der Waals surface area (Å²) in [5.41, 5.74) is 2.16. The molecule has 3 rings (SSSR count). The molecule has 2 atom stereocenters. The van der Waals surface area contributed by atoms with E-state index in [9.17, 15) is 14.4 Å². The minimum absolute atomic E-state index is 0.00294. The molecule has 0 radical (unpaired) electrons. The number of nitrogens with one attached hydrogen (secondary N) is 2. The SMILES string of the molecule is CC[C@@H](C)NC(=O)[C@H](NC(=O)c1cccc(OC)c1)C1CCN(C(=O)c2cccc(C)c2)CC1. The number of hydrogen-bond donors (Lipinski definition) is 2. The van der Waals surface area contributed by atoms with Gasteiger partial charge in [-0.15, -0.1) is 0 Å². The molecule has 2 aromatic rings. The van der Waals surface area contributed by atoms with E-state index in [-0.39, 0.29) is 29.7 Å². The summed E-state index contributed by atoms with van der Waals surface area (Å²) in [4.78, 5) is 40.9. The van der Waals surface area contributed by atoms with Gasteiger partial charge >= 0.3 is 0 Å². The van der Waals surface area contributed by atoms with Gasteiger partial charge in [0.25, 0.3) is 11.8 Å². The maximum Gasteiger partial charge on any atom is 0.253 e. The van der Waals surface area contributed by atoms with Crippen molar-refractivity contribution < 1.29 is 19.1 Å². The van der Waals surface area contributed by atoms with Gasteiger partial charge in [-0.25, -0.2) is 0 Å². The van der Waals surface area contributed by atoms with Crippen molar-refractivity contribution in [2.24, 2.45) is 5.92 Å². The molecule has 3 amide bonds. The van der Waals surface area contributed by atoms with Crippen LogP contribution in [0.3, 0.4) is 0 Å². The summed E-state index contributed by atoms with van der Waals surface area (Å²) in [7, 11) is 1.55. The van der Waals surface area contributed by atoms with E-state index in [0.717, 1.165) is 12.0 Å². The molecule has 1 saturated heterocycles. The first kappa shape index (κ1) is 25.3. The number of hydrogen-bond acceptors (Lipinski definition) is 4. The number of carbonyl (C=O) groups excluding carboxylic acids is 3. The number of likely N-dealkylation sites (tertiary alicyclic amines) is 1. The van der Waals surface area contributed by atoms with E-state index in [1.807, 2.05) is 49.9 Å². The van der Waals surface area contributed by atoms with Gasteiger partial charge in [-0.2, -0.15) is 0 Å². The number of benzene rings is 2. The van der Waals surface area contributed by atoms with E-state index < -0.39 is 6.04 Å². The lowest BCUT2D eigenvalue weighted by molar-refractivity contribution is -0.125. The van der Waals surface area contributed by atoms with Crippen LogP contribution in [0.2, 0.25) is 0 Å². The van der Waals surface area contributed by atoms with Crippen molar-refractivity contribution in [3.63, 3.8) is 0 Å². The zero-order valence-corrected chi connectivity index (χ0v) is 20.5. The third kappa shape index (κ3) is 6.37. The van der Waals surface area contributed by atoms with Crippen LogP contribution < -0.4 is 15.4 Å². The van der Waals surface area contributed by atoms with Crippen molar-refractivity contribution in [3.05, 3.63) is 65.2 Å². The van der Waals surface area contributed by atoms with E-state index in [1.165, 1.54) is 0 Å². The second-order valence-electron chi connectivity index (χ2n) is 9.00. The van der Waals surface area contributed by atoms with E-state index in [2.05, 4.69) is 10.6 Å². The molecule has 0 spiro atoms. The van der Waals surface area contributed by atoms with E-state index >= 15 is 0 Å². The summed E-state index contributed by atoms with van der Waals surface area (Å²) in [5, 5.41) is 5.97. The molecule has 7 nitrogen and oxygen atoms in total. The molecule has 1 aliphatic heterocycles. The van der Waals surface area contributed by atoms with Gasteiger partial charge < -0.3 is 20.3 Å². The number of carbonyl (C=O) groups is 3. The highest BCUT2D eigenvalue weighted by Gasteiger charge is 2.34. The Bertz CT molecular complexity index is 1010. The van der Waals surface area contributed by atoms with E-state index in [1.54, 1.807) is 31.4 Å². The maximum atomic E-state index is 13.1. The van der Waals surface area contributed by atoms with Crippen LogP contribution in [0.1, 0.15) is 59.4 Å². The number of ether oxygens (including phenoxy) is 1. The number of amides is 3. The Morgan fingerprint density at radius 3 is 2.35 bits per heavy atom. The summed E-state index contributed by atoms with van der Waals surface area (Å²) in [6.45, 7) is 7.00. The van der Waals surface area contributed by atoms with Crippen molar-refractivity contribution in [2.75, 3.05) is 20.2 Å². The second-order valence-corrected chi connectivity index (χ2v) is 9.00. The third-order valence-corrected chi connectivity index (χ3v) is 6.47. The first-order valence-electron chi connectivity index (χ1n) is 11.9. The fourth-order valence-electron chi connectivity index (χ4n) is 4.22. The van der Waals surface area contributed by atoms with Gasteiger partial charge in [-0.1, -0.05) is 30.7 Å². The van der Waals surface area contributed by atoms with Crippen molar-refractivity contribution in [1.29, 1.82) is 0 Å². The zero-order chi connectivity index (χ0) is 24.7. The lowest BCUT2D eigenvalue weighted by Crippen LogP contribution is -2.55. The molecule has 0 unspecified atom stereocenters. The molecule has 0 bridgehead atoms. The summed E-state index contributed by atoms with van der Waals surface area (Å²) in [6.07, 6.45) is 2.06. The normalized spacial score (nSPS) is 15.8. The lowest BCUT2D eigenvalue weighted by Gasteiger charge is -2.36. The van der Waals surface area contributed by atoms with Gasteiger partial charge in [-0.05, 0) is 69.4 Å². The van der Waals surface area contributed by atoms with Gasteiger partial charge in [-0.3, -0.25) is 14.4 Å². The highest BCUT2D eigenvalue weighted by atomic mass is 16.5. The fraction of sp³-hybridized carbons (Fsp3) is 0.444. The molecule has 2 N–H and O–H groups in total. The van der Waals surface area contributed by atoms with Crippen LogP contribution in [0, 0.1) is 12.8 Å². The van der Waals surface area contributed by atoms with Crippen molar-refractivity contribution in [2.45, 2.75) is 52.1 Å². The van der Waals surface area contributed by atoms with Crippen LogP contribution in [-0.2, 0) is 4.79 Å². The topological polar surface area (TPSA) is 87.7 Å². The highest BCUT2D eigenvalue weighted by molar-refractivity contribution is 5.98. The predicted molar refractivity (Wildman–Crippen MR) is 132 cm³/mol. The molecule has 2 aromatic carbocycles. The maximum absolute atomic E-state index is 13.1. The number of methoxy groups -OCH3 is 1. The van der Waals surface area contributed by atoms with Crippen molar-refractivity contribution >= 4 is 17.7 Å². The first-order valence-corrected chi connectivity index (χ1v) is 11.9.